The molecule has 3 aliphatic rings. The lowest BCUT2D eigenvalue weighted by Gasteiger charge is -2.34. The van der Waals surface area contributed by atoms with Crippen molar-refractivity contribution in [3.8, 4) is 0 Å². The molecule has 2 atom stereocenters. The van der Waals surface area contributed by atoms with Crippen molar-refractivity contribution in [1.29, 1.82) is 0 Å². The van der Waals surface area contributed by atoms with Crippen LogP contribution < -0.4 is 11.1 Å². The molecule has 10 heteroatoms. The lowest BCUT2D eigenvalue weighted by atomic mass is 9.81. The Labute approximate surface area is 242 Å². The maximum absolute atomic E-state index is 12.9. The molecule has 2 aromatic rings. The van der Waals surface area contributed by atoms with Gasteiger partial charge in [-0.05, 0) is 80.9 Å². The molecule has 8 nitrogen and oxygen atoms in total. The van der Waals surface area contributed by atoms with Crippen LogP contribution in [-0.4, -0.2) is 41.9 Å². The minimum Gasteiger partial charge on any atom is -0.369 e. The van der Waals surface area contributed by atoms with Crippen molar-refractivity contribution in [3.05, 3.63) is 40.4 Å². The molecule has 0 radical (unpaired) electrons. The van der Waals surface area contributed by atoms with Gasteiger partial charge in [0.25, 0.3) is 0 Å². The number of rotatable bonds is 10. The van der Waals surface area contributed by atoms with Gasteiger partial charge in [0, 0.05) is 23.9 Å². The second-order valence-corrected chi connectivity index (χ2v) is 15.8. The first-order valence-corrected chi connectivity index (χ1v) is 17.0. The van der Waals surface area contributed by atoms with Crippen LogP contribution in [0.15, 0.2) is 29.2 Å². The van der Waals surface area contributed by atoms with Gasteiger partial charge in [-0.1, -0.05) is 32.4 Å². The molecule has 1 aromatic heterocycles. The normalized spacial score (nSPS) is 24.4. The van der Waals surface area contributed by atoms with E-state index in [-0.39, 0.29) is 41.4 Å². The summed E-state index contributed by atoms with van der Waals surface area (Å²) >= 11 is 1.55. The summed E-state index contributed by atoms with van der Waals surface area (Å²) in [6, 6.07) is 6.96. The number of anilines is 1. The van der Waals surface area contributed by atoms with Crippen molar-refractivity contribution in [2.45, 2.75) is 94.9 Å². The van der Waals surface area contributed by atoms with E-state index < -0.39 is 9.84 Å². The topological polar surface area (TPSA) is 122 Å². The molecule has 1 aliphatic heterocycles. The molecular weight excluding hydrogens is 544 g/mol. The molecule has 2 aliphatic carbocycles. The number of nitrogens with one attached hydrogen (secondary N) is 1. The minimum atomic E-state index is -3.36. The number of benzene rings is 1. The van der Waals surface area contributed by atoms with Gasteiger partial charge in [-0.3, -0.25) is 14.5 Å². The number of fused-ring (bicyclic) bond motifs is 1. The standard InChI is InChI=1S/C30H42N4O4S2/c1-18(2)28-27-25(17-34(28)16-21-7-11-23(12-8-21)29(31)36)39-30(33-27)32-26(35)15-20-9-13-24(14-10-20)40(37,38)19(3)22-5-4-6-22/h9-10,13-14,18-19,21-23,28H,4-8,11-12,15-17H2,1-3H3,(H2,31,36)(H,32,33,35)/t19?,21-,23-,28-/m0/s1. The van der Waals surface area contributed by atoms with E-state index in [1.165, 1.54) is 4.88 Å². The lowest BCUT2D eigenvalue weighted by molar-refractivity contribution is -0.123. The van der Waals surface area contributed by atoms with Crippen LogP contribution >= 0.6 is 11.3 Å². The van der Waals surface area contributed by atoms with E-state index >= 15 is 0 Å². The summed E-state index contributed by atoms with van der Waals surface area (Å²) in [6.07, 6.45) is 7.06. The first-order chi connectivity index (χ1) is 19.0. The zero-order chi connectivity index (χ0) is 28.6. The van der Waals surface area contributed by atoms with Crippen molar-refractivity contribution >= 4 is 38.1 Å². The Morgan fingerprint density at radius 1 is 1.07 bits per heavy atom. The van der Waals surface area contributed by atoms with Crippen LogP contribution in [-0.2, 0) is 32.4 Å². The van der Waals surface area contributed by atoms with Gasteiger partial charge < -0.3 is 11.1 Å². The Hall–Kier alpha value is -2.30. The third-order valence-corrected chi connectivity index (χ3v) is 12.6. The number of carbonyl (C=O) groups is 2. The van der Waals surface area contributed by atoms with Crippen LogP contribution in [0.1, 0.15) is 87.9 Å². The Bertz CT molecular complexity index is 1330. The molecular formula is C30H42N4O4S2. The summed E-state index contributed by atoms with van der Waals surface area (Å²) in [6.45, 7) is 8.06. The summed E-state index contributed by atoms with van der Waals surface area (Å²) in [5.74, 6) is 0.899. The quantitative estimate of drug-likeness (QED) is 0.400. The number of amides is 2. The fraction of sp³-hybridized carbons (Fsp3) is 0.633. The Morgan fingerprint density at radius 2 is 1.75 bits per heavy atom. The van der Waals surface area contributed by atoms with Gasteiger partial charge in [0.2, 0.25) is 11.8 Å². The molecule has 1 unspecified atom stereocenters. The molecule has 5 rings (SSSR count). The fourth-order valence-corrected chi connectivity index (χ4v) is 9.38. The zero-order valence-electron chi connectivity index (χ0n) is 23.8. The lowest BCUT2D eigenvalue weighted by Crippen LogP contribution is -2.35. The number of sulfone groups is 1. The average Bonchev–Trinajstić information content (AvgIpc) is 3.39. The maximum Gasteiger partial charge on any atom is 0.230 e. The van der Waals surface area contributed by atoms with Crippen molar-refractivity contribution in [3.63, 3.8) is 0 Å². The zero-order valence-corrected chi connectivity index (χ0v) is 25.4. The summed E-state index contributed by atoms with van der Waals surface area (Å²) in [5, 5.41) is 3.22. The second kappa shape index (κ2) is 11.9. The van der Waals surface area contributed by atoms with Crippen molar-refractivity contribution < 1.29 is 18.0 Å². The van der Waals surface area contributed by atoms with Gasteiger partial charge in [-0.15, -0.1) is 11.3 Å². The van der Waals surface area contributed by atoms with Crippen LogP contribution in [0.4, 0.5) is 5.13 Å². The van der Waals surface area contributed by atoms with Gasteiger partial charge in [0.1, 0.15) is 0 Å². The first kappa shape index (κ1) is 29.2. The number of carbonyl (C=O) groups excluding carboxylic acids is 2. The van der Waals surface area contributed by atoms with E-state index in [1.54, 1.807) is 35.6 Å². The number of nitrogens with zero attached hydrogens (tertiary/aromatic N) is 2. The summed E-state index contributed by atoms with van der Waals surface area (Å²) < 4.78 is 25.9. The monoisotopic (exact) mass is 586 g/mol. The first-order valence-electron chi connectivity index (χ1n) is 14.7. The third kappa shape index (κ3) is 6.14. The van der Waals surface area contributed by atoms with Gasteiger partial charge in [-0.2, -0.15) is 0 Å². The van der Waals surface area contributed by atoms with Gasteiger partial charge >= 0.3 is 0 Å². The predicted octanol–water partition coefficient (Wildman–Crippen LogP) is 5.09. The van der Waals surface area contributed by atoms with Crippen molar-refractivity contribution in [1.82, 2.24) is 9.88 Å². The molecule has 0 bridgehead atoms. The summed E-state index contributed by atoms with van der Waals surface area (Å²) in [5.41, 5.74) is 7.35. The maximum atomic E-state index is 12.9. The number of primary amides is 1. The molecule has 218 valence electrons. The van der Waals surface area contributed by atoms with Gasteiger partial charge in [0.05, 0.1) is 28.3 Å². The van der Waals surface area contributed by atoms with E-state index in [1.807, 2.05) is 6.92 Å². The van der Waals surface area contributed by atoms with E-state index in [9.17, 15) is 18.0 Å². The number of nitrogens with two attached hydrogens (primary N) is 1. The molecule has 2 fully saturated rings. The fourth-order valence-electron chi connectivity index (χ4n) is 6.62. The molecule has 3 N–H and O–H groups in total. The number of aromatic nitrogens is 1. The van der Waals surface area contributed by atoms with E-state index in [0.29, 0.717) is 21.9 Å². The Morgan fingerprint density at radius 3 is 2.33 bits per heavy atom. The molecule has 2 saturated carbocycles. The molecule has 2 heterocycles. The van der Waals surface area contributed by atoms with Crippen LogP contribution in [0.5, 0.6) is 0 Å². The van der Waals surface area contributed by atoms with Crippen LogP contribution in [0.3, 0.4) is 0 Å². The minimum absolute atomic E-state index is 0.0248. The Balaban J connectivity index is 1.17. The van der Waals surface area contributed by atoms with Crippen LogP contribution in [0.25, 0.3) is 0 Å². The SMILES string of the molecule is CC(C)[C@H]1c2nc(NC(=O)Cc3ccc(S(=O)(=O)C(C)C4CCC4)cc3)sc2CN1C[C@H]1CC[C@H](C(N)=O)CC1. The van der Waals surface area contributed by atoms with E-state index in [2.05, 4.69) is 24.1 Å². The Kier molecular flexibility index (Phi) is 8.69. The molecule has 1 aromatic carbocycles. The average molecular weight is 587 g/mol. The molecule has 0 spiro atoms. The highest BCUT2D eigenvalue weighted by atomic mass is 32.2. The summed E-state index contributed by atoms with van der Waals surface area (Å²) in [7, 11) is -3.36. The largest absolute Gasteiger partial charge is 0.369 e. The van der Waals surface area contributed by atoms with Crippen LogP contribution in [0.2, 0.25) is 0 Å². The number of hydrogen-bond acceptors (Lipinski definition) is 7. The molecule has 2 amide bonds. The second-order valence-electron chi connectivity index (χ2n) is 12.4. The predicted molar refractivity (Wildman–Crippen MR) is 158 cm³/mol. The van der Waals surface area contributed by atoms with E-state index in [0.717, 1.165) is 69.3 Å². The highest BCUT2D eigenvalue weighted by Gasteiger charge is 2.38. The molecule has 40 heavy (non-hydrogen) atoms. The number of thiazole rings is 1. The van der Waals surface area contributed by atoms with Crippen molar-refractivity contribution in [2.24, 2.45) is 29.4 Å². The van der Waals surface area contributed by atoms with Crippen molar-refractivity contribution in [2.75, 3.05) is 11.9 Å². The number of hydrogen-bond donors (Lipinski definition) is 2. The smallest absolute Gasteiger partial charge is 0.230 e. The van der Waals surface area contributed by atoms with E-state index in [4.69, 9.17) is 10.7 Å². The third-order valence-electron chi connectivity index (χ3n) is 9.29. The van der Waals surface area contributed by atoms with Gasteiger partial charge in [0.15, 0.2) is 15.0 Å². The van der Waals surface area contributed by atoms with Crippen LogP contribution in [0, 0.1) is 23.7 Å². The highest BCUT2D eigenvalue weighted by molar-refractivity contribution is 7.92. The molecule has 0 saturated heterocycles. The van der Waals surface area contributed by atoms with Gasteiger partial charge in [-0.25, -0.2) is 13.4 Å². The highest BCUT2D eigenvalue weighted by Crippen LogP contribution is 2.44. The summed E-state index contributed by atoms with van der Waals surface area (Å²) in [4.78, 5) is 33.3.